The molecule has 0 saturated carbocycles. The fourth-order valence-electron chi connectivity index (χ4n) is 2.41. The average molecular weight is 357 g/mol. The van der Waals surface area contributed by atoms with E-state index in [-0.39, 0.29) is 4.90 Å². The van der Waals surface area contributed by atoms with Crippen LogP contribution in [0.5, 0.6) is 5.75 Å². The van der Waals surface area contributed by atoms with E-state index in [0.29, 0.717) is 17.3 Å². The average Bonchev–Trinajstić information content (AvgIpc) is 2.95. The number of ether oxygens (including phenoxy) is 1. The zero-order valence-corrected chi connectivity index (χ0v) is 15.0. The first-order valence-electron chi connectivity index (χ1n) is 7.69. The number of hydrogen-bond donors (Lipinski definition) is 1. The summed E-state index contributed by atoms with van der Waals surface area (Å²) in [6.45, 7) is 3.81. The second-order valence-electron chi connectivity index (χ2n) is 5.70. The predicted molar refractivity (Wildman–Crippen MR) is 96.8 cm³/mol. The van der Waals surface area contributed by atoms with Crippen molar-refractivity contribution in [2.75, 3.05) is 11.8 Å². The van der Waals surface area contributed by atoms with Gasteiger partial charge < -0.3 is 4.74 Å². The van der Waals surface area contributed by atoms with Crippen LogP contribution in [-0.4, -0.2) is 25.3 Å². The molecule has 0 amide bonds. The minimum absolute atomic E-state index is 0.155. The van der Waals surface area contributed by atoms with Crippen molar-refractivity contribution >= 4 is 15.8 Å². The maximum Gasteiger partial charge on any atom is 0.263 e. The van der Waals surface area contributed by atoms with Crippen LogP contribution in [0.4, 0.5) is 5.82 Å². The van der Waals surface area contributed by atoms with Gasteiger partial charge in [-0.25, -0.2) is 13.1 Å². The van der Waals surface area contributed by atoms with E-state index in [0.717, 1.165) is 11.3 Å². The van der Waals surface area contributed by atoms with Crippen molar-refractivity contribution < 1.29 is 13.2 Å². The van der Waals surface area contributed by atoms with Gasteiger partial charge in [-0.05, 0) is 50.2 Å². The Morgan fingerprint density at radius 1 is 1.00 bits per heavy atom. The van der Waals surface area contributed by atoms with Crippen LogP contribution < -0.4 is 9.46 Å². The number of sulfonamides is 1. The Kier molecular flexibility index (Phi) is 4.50. The highest BCUT2D eigenvalue weighted by molar-refractivity contribution is 7.92. The largest absolute Gasteiger partial charge is 0.497 e. The molecule has 6 nitrogen and oxygen atoms in total. The second kappa shape index (κ2) is 6.60. The number of nitrogens with one attached hydrogen (secondary N) is 1. The summed E-state index contributed by atoms with van der Waals surface area (Å²) in [5.41, 5.74) is 2.62. The van der Waals surface area contributed by atoms with E-state index in [1.807, 2.05) is 38.1 Å². The molecule has 0 bridgehead atoms. The molecule has 130 valence electrons. The van der Waals surface area contributed by atoms with E-state index in [4.69, 9.17) is 4.74 Å². The molecule has 0 unspecified atom stereocenters. The maximum absolute atomic E-state index is 12.7. The van der Waals surface area contributed by atoms with Crippen molar-refractivity contribution in [2.45, 2.75) is 18.7 Å². The summed E-state index contributed by atoms with van der Waals surface area (Å²) < 4.78 is 34.6. The third-order valence-corrected chi connectivity index (χ3v) is 5.09. The first kappa shape index (κ1) is 17.0. The zero-order chi connectivity index (χ0) is 18.0. The summed E-state index contributed by atoms with van der Waals surface area (Å²) in [4.78, 5) is 0.155. The van der Waals surface area contributed by atoms with Crippen LogP contribution in [0.3, 0.4) is 0 Å². The number of nitrogens with zero attached hydrogens (tertiary/aromatic N) is 2. The summed E-state index contributed by atoms with van der Waals surface area (Å²) in [6, 6.07) is 15.6. The van der Waals surface area contributed by atoms with Gasteiger partial charge in [-0.1, -0.05) is 17.7 Å². The lowest BCUT2D eigenvalue weighted by Gasteiger charge is -2.11. The third kappa shape index (κ3) is 3.66. The van der Waals surface area contributed by atoms with Crippen LogP contribution in [0.2, 0.25) is 0 Å². The number of anilines is 1. The van der Waals surface area contributed by atoms with E-state index in [1.54, 1.807) is 22.9 Å². The van der Waals surface area contributed by atoms with Crippen LogP contribution in [0.1, 0.15) is 11.3 Å². The molecule has 3 aromatic rings. The van der Waals surface area contributed by atoms with Gasteiger partial charge in [0.25, 0.3) is 10.0 Å². The fourth-order valence-corrected chi connectivity index (χ4v) is 3.44. The highest BCUT2D eigenvalue weighted by Crippen LogP contribution is 2.22. The molecule has 7 heteroatoms. The van der Waals surface area contributed by atoms with Gasteiger partial charge in [0.05, 0.1) is 23.4 Å². The number of hydrogen-bond acceptors (Lipinski definition) is 4. The minimum Gasteiger partial charge on any atom is -0.497 e. The van der Waals surface area contributed by atoms with Crippen LogP contribution in [-0.2, 0) is 10.0 Å². The SMILES string of the molecule is COc1ccc(S(=O)(=O)Nc2cc(C)nn2-c2ccc(C)cc2)cc1. The fraction of sp³-hybridized carbons (Fsp3) is 0.167. The molecule has 1 heterocycles. The van der Waals surface area contributed by atoms with Gasteiger partial charge in [0, 0.05) is 6.07 Å². The molecular weight excluding hydrogens is 338 g/mol. The molecule has 1 aromatic heterocycles. The van der Waals surface area contributed by atoms with Crippen molar-refractivity contribution in [3.8, 4) is 11.4 Å². The van der Waals surface area contributed by atoms with Crippen molar-refractivity contribution in [3.63, 3.8) is 0 Å². The van der Waals surface area contributed by atoms with Gasteiger partial charge >= 0.3 is 0 Å². The molecule has 3 rings (SSSR count). The van der Waals surface area contributed by atoms with Gasteiger partial charge in [-0.15, -0.1) is 0 Å². The quantitative estimate of drug-likeness (QED) is 0.760. The molecule has 1 N–H and O–H groups in total. The molecule has 25 heavy (non-hydrogen) atoms. The molecule has 0 atom stereocenters. The van der Waals surface area contributed by atoms with Gasteiger partial charge in [0.15, 0.2) is 0 Å². The minimum atomic E-state index is -3.73. The van der Waals surface area contributed by atoms with Gasteiger partial charge in [-0.2, -0.15) is 5.10 Å². The van der Waals surface area contributed by atoms with E-state index in [1.165, 1.54) is 19.2 Å². The van der Waals surface area contributed by atoms with Gasteiger partial charge in [0.1, 0.15) is 11.6 Å². The lowest BCUT2D eigenvalue weighted by atomic mass is 10.2. The number of benzene rings is 2. The van der Waals surface area contributed by atoms with E-state index in [9.17, 15) is 8.42 Å². The summed E-state index contributed by atoms with van der Waals surface area (Å²) in [7, 11) is -2.20. The number of aromatic nitrogens is 2. The molecule has 0 spiro atoms. The summed E-state index contributed by atoms with van der Waals surface area (Å²) in [6.07, 6.45) is 0. The summed E-state index contributed by atoms with van der Waals surface area (Å²) >= 11 is 0. The maximum atomic E-state index is 12.7. The van der Waals surface area contributed by atoms with Crippen molar-refractivity contribution in [2.24, 2.45) is 0 Å². The van der Waals surface area contributed by atoms with E-state index in [2.05, 4.69) is 9.82 Å². The van der Waals surface area contributed by atoms with Crippen LogP contribution >= 0.6 is 0 Å². The van der Waals surface area contributed by atoms with Crippen molar-refractivity contribution in [3.05, 3.63) is 65.9 Å². The highest BCUT2D eigenvalue weighted by atomic mass is 32.2. The lowest BCUT2D eigenvalue weighted by molar-refractivity contribution is 0.414. The van der Waals surface area contributed by atoms with Crippen LogP contribution in [0.15, 0.2) is 59.5 Å². The number of methoxy groups -OCH3 is 1. The lowest BCUT2D eigenvalue weighted by Crippen LogP contribution is -2.15. The Balaban J connectivity index is 1.95. The Morgan fingerprint density at radius 3 is 2.24 bits per heavy atom. The van der Waals surface area contributed by atoms with E-state index >= 15 is 0 Å². The monoisotopic (exact) mass is 357 g/mol. The zero-order valence-electron chi connectivity index (χ0n) is 14.2. The first-order valence-corrected chi connectivity index (χ1v) is 9.18. The summed E-state index contributed by atoms with van der Waals surface area (Å²) in [5.74, 6) is 0.983. The number of aryl methyl sites for hydroxylation is 2. The van der Waals surface area contributed by atoms with Gasteiger partial charge in [-0.3, -0.25) is 4.72 Å². The Hall–Kier alpha value is -2.80. The van der Waals surface area contributed by atoms with Crippen LogP contribution in [0.25, 0.3) is 5.69 Å². The predicted octanol–water partition coefficient (Wildman–Crippen LogP) is 3.30. The molecule has 0 aliphatic heterocycles. The standard InChI is InChI=1S/C18H19N3O3S/c1-13-4-6-15(7-5-13)21-18(12-14(2)19-21)20-25(22,23)17-10-8-16(24-3)9-11-17/h4-12,20H,1-3H3. The molecule has 0 saturated heterocycles. The second-order valence-corrected chi connectivity index (χ2v) is 7.38. The smallest absolute Gasteiger partial charge is 0.263 e. The van der Waals surface area contributed by atoms with E-state index < -0.39 is 10.0 Å². The van der Waals surface area contributed by atoms with Crippen LogP contribution in [0, 0.1) is 13.8 Å². The Bertz CT molecular complexity index is 975. The molecule has 0 aliphatic carbocycles. The number of rotatable bonds is 5. The third-order valence-electron chi connectivity index (χ3n) is 3.72. The van der Waals surface area contributed by atoms with Crippen molar-refractivity contribution in [1.29, 1.82) is 0 Å². The van der Waals surface area contributed by atoms with Gasteiger partial charge in [0.2, 0.25) is 0 Å². The Labute approximate surface area is 147 Å². The topological polar surface area (TPSA) is 73.2 Å². The first-order chi connectivity index (χ1) is 11.9. The molecular formula is C18H19N3O3S. The molecule has 0 fully saturated rings. The van der Waals surface area contributed by atoms with Crippen molar-refractivity contribution in [1.82, 2.24) is 9.78 Å². The summed E-state index contributed by atoms with van der Waals surface area (Å²) in [5, 5.41) is 4.39. The molecule has 0 aliphatic rings. The normalized spacial score (nSPS) is 11.3. The Morgan fingerprint density at radius 2 is 1.64 bits per heavy atom. The highest BCUT2D eigenvalue weighted by Gasteiger charge is 2.18. The molecule has 0 radical (unpaired) electrons. The molecule has 2 aromatic carbocycles.